The molecule has 0 aromatic heterocycles. The predicted molar refractivity (Wildman–Crippen MR) is 86.5 cm³/mol. The molecule has 20 heavy (non-hydrogen) atoms. The number of benzene rings is 1. The van der Waals surface area contributed by atoms with Gasteiger partial charge in [-0.05, 0) is 18.4 Å². The first-order valence-electron chi connectivity index (χ1n) is 7.28. The Morgan fingerprint density at radius 3 is 2.70 bits per heavy atom. The fourth-order valence-electron chi connectivity index (χ4n) is 2.42. The van der Waals surface area contributed by atoms with Crippen molar-refractivity contribution in [2.45, 2.75) is 31.4 Å². The summed E-state index contributed by atoms with van der Waals surface area (Å²) in [4.78, 5) is 0. The third-order valence-electron chi connectivity index (χ3n) is 3.62. The lowest BCUT2D eigenvalue weighted by atomic mass is 10.1. The highest BCUT2D eigenvalue weighted by Crippen LogP contribution is 2.34. The summed E-state index contributed by atoms with van der Waals surface area (Å²) in [5.74, 6) is 1.18. The zero-order valence-corrected chi connectivity index (χ0v) is 13.6. The van der Waals surface area contributed by atoms with Crippen LogP contribution in [-0.4, -0.2) is 37.3 Å². The topological polar surface area (TPSA) is 37.4 Å². The van der Waals surface area contributed by atoms with Crippen LogP contribution in [0.3, 0.4) is 0 Å². The lowest BCUT2D eigenvalue weighted by Crippen LogP contribution is -2.34. The molecule has 0 bridgehead atoms. The molecule has 3 nitrogen and oxygen atoms in total. The summed E-state index contributed by atoms with van der Waals surface area (Å²) in [6.45, 7) is 3.33. The van der Waals surface area contributed by atoms with Gasteiger partial charge in [0, 0.05) is 24.1 Å². The zero-order chi connectivity index (χ0) is 14.4. The number of sulfonamides is 1. The molecule has 0 radical (unpaired) electrons. The van der Waals surface area contributed by atoms with Crippen LogP contribution in [0.5, 0.6) is 0 Å². The van der Waals surface area contributed by atoms with Crippen LogP contribution in [0.4, 0.5) is 0 Å². The molecular formula is C15H23NO2S2. The second-order valence-corrected chi connectivity index (χ2v) is 8.53. The summed E-state index contributed by atoms with van der Waals surface area (Å²) in [5.41, 5.74) is 1.31. The van der Waals surface area contributed by atoms with Crippen molar-refractivity contribution < 1.29 is 8.42 Å². The first-order valence-corrected chi connectivity index (χ1v) is 9.93. The lowest BCUT2D eigenvalue weighted by Gasteiger charge is -2.19. The largest absolute Gasteiger partial charge is 0.214 e. The molecule has 1 atom stereocenters. The van der Waals surface area contributed by atoms with Crippen molar-refractivity contribution in [1.29, 1.82) is 0 Å². The molecule has 1 aromatic carbocycles. The quantitative estimate of drug-likeness (QED) is 0.837. The smallest absolute Gasteiger partial charge is 0.212 e. The van der Waals surface area contributed by atoms with Gasteiger partial charge in [-0.1, -0.05) is 43.7 Å². The molecule has 1 aliphatic heterocycles. The Kier molecular flexibility index (Phi) is 5.93. The lowest BCUT2D eigenvalue weighted by molar-refractivity contribution is 0.427. The SMILES string of the molecule is CCCCS(=O)(=O)N1CCSC(c2ccccc2)CC1. The summed E-state index contributed by atoms with van der Waals surface area (Å²) in [5, 5.41) is 0.419. The van der Waals surface area contributed by atoms with Gasteiger partial charge in [0.1, 0.15) is 0 Å². The minimum atomic E-state index is -3.05. The van der Waals surface area contributed by atoms with Crippen molar-refractivity contribution in [1.82, 2.24) is 4.31 Å². The van der Waals surface area contributed by atoms with Gasteiger partial charge in [-0.25, -0.2) is 12.7 Å². The van der Waals surface area contributed by atoms with Crippen LogP contribution in [0.2, 0.25) is 0 Å². The van der Waals surface area contributed by atoms with Crippen molar-refractivity contribution in [3.63, 3.8) is 0 Å². The number of thioether (sulfide) groups is 1. The monoisotopic (exact) mass is 313 g/mol. The fourth-order valence-corrected chi connectivity index (χ4v) is 5.43. The molecule has 1 heterocycles. The summed E-state index contributed by atoms with van der Waals surface area (Å²) in [6, 6.07) is 10.4. The Labute approximate surface area is 126 Å². The van der Waals surface area contributed by atoms with E-state index in [4.69, 9.17) is 0 Å². The predicted octanol–water partition coefficient (Wildman–Crippen LogP) is 3.30. The Morgan fingerprint density at radius 2 is 2.00 bits per heavy atom. The van der Waals surface area contributed by atoms with Gasteiger partial charge in [0.05, 0.1) is 5.75 Å². The van der Waals surface area contributed by atoms with Crippen molar-refractivity contribution in [3.05, 3.63) is 35.9 Å². The maximum atomic E-state index is 12.3. The molecule has 0 aliphatic carbocycles. The first-order chi connectivity index (χ1) is 9.63. The second-order valence-electron chi connectivity index (χ2n) is 5.13. The summed E-state index contributed by atoms with van der Waals surface area (Å²) in [7, 11) is -3.05. The molecule has 1 saturated heterocycles. The number of unbranched alkanes of at least 4 members (excludes halogenated alkanes) is 1. The fraction of sp³-hybridized carbons (Fsp3) is 0.600. The molecular weight excluding hydrogens is 290 g/mol. The average Bonchev–Trinajstić information content (AvgIpc) is 2.72. The molecule has 1 aromatic rings. The van der Waals surface area contributed by atoms with Crippen LogP contribution in [0, 0.1) is 0 Å². The van der Waals surface area contributed by atoms with E-state index in [0.717, 1.165) is 25.0 Å². The minimum Gasteiger partial charge on any atom is -0.212 e. The van der Waals surface area contributed by atoms with Gasteiger partial charge in [-0.3, -0.25) is 0 Å². The highest BCUT2D eigenvalue weighted by atomic mass is 32.2. The Morgan fingerprint density at radius 1 is 1.25 bits per heavy atom. The van der Waals surface area contributed by atoms with Gasteiger partial charge in [0.2, 0.25) is 10.0 Å². The molecule has 1 unspecified atom stereocenters. The number of hydrogen-bond donors (Lipinski definition) is 0. The molecule has 0 amide bonds. The molecule has 112 valence electrons. The molecule has 0 spiro atoms. The van der Waals surface area contributed by atoms with E-state index in [1.54, 1.807) is 4.31 Å². The average molecular weight is 313 g/mol. The van der Waals surface area contributed by atoms with Crippen molar-refractivity contribution in [3.8, 4) is 0 Å². The number of rotatable bonds is 5. The normalized spacial score (nSPS) is 21.6. The van der Waals surface area contributed by atoms with Crippen LogP contribution in [-0.2, 0) is 10.0 Å². The maximum Gasteiger partial charge on any atom is 0.214 e. The van der Waals surface area contributed by atoms with E-state index in [0.29, 0.717) is 24.1 Å². The first kappa shape index (κ1) is 15.9. The van der Waals surface area contributed by atoms with Gasteiger partial charge < -0.3 is 0 Å². The van der Waals surface area contributed by atoms with E-state index in [2.05, 4.69) is 24.3 Å². The highest BCUT2D eigenvalue weighted by molar-refractivity contribution is 7.99. The molecule has 5 heteroatoms. The van der Waals surface area contributed by atoms with Gasteiger partial charge in [0.15, 0.2) is 0 Å². The third kappa shape index (κ3) is 4.24. The Balaban J connectivity index is 1.99. The standard InChI is InChI=1S/C15H23NO2S2/c1-2-3-13-20(17,18)16-10-9-15(19-12-11-16)14-7-5-4-6-8-14/h4-8,15H,2-3,9-13H2,1H3. The van der Waals surface area contributed by atoms with E-state index in [-0.39, 0.29) is 0 Å². The molecule has 0 N–H and O–H groups in total. The van der Waals surface area contributed by atoms with Crippen molar-refractivity contribution >= 4 is 21.8 Å². The van der Waals surface area contributed by atoms with E-state index in [9.17, 15) is 8.42 Å². The second kappa shape index (κ2) is 7.48. The van der Waals surface area contributed by atoms with E-state index in [1.807, 2.05) is 24.8 Å². The van der Waals surface area contributed by atoms with Gasteiger partial charge >= 0.3 is 0 Å². The zero-order valence-electron chi connectivity index (χ0n) is 12.0. The van der Waals surface area contributed by atoms with Crippen LogP contribution >= 0.6 is 11.8 Å². The van der Waals surface area contributed by atoms with Crippen molar-refractivity contribution in [2.75, 3.05) is 24.6 Å². The molecule has 1 fully saturated rings. The maximum absolute atomic E-state index is 12.3. The van der Waals surface area contributed by atoms with Gasteiger partial charge in [-0.2, -0.15) is 11.8 Å². The number of hydrogen-bond acceptors (Lipinski definition) is 3. The van der Waals surface area contributed by atoms with E-state index >= 15 is 0 Å². The summed E-state index contributed by atoms with van der Waals surface area (Å²) >= 11 is 1.87. The third-order valence-corrected chi connectivity index (χ3v) is 6.91. The summed E-state index contributed by atoms with van der Waals surface area (Å²) in [6.07, 6.45) is 2.59. The Hall–Kier alpha value is -0.520. The molecule has 2 rings (SSSR count). The molecule has 1 aliphatic rings. The van der Waals surface area contributed by atoms with Crippen LogP contribution in [0.1, 0.15) is 37.0 Å². The van der Waals surface area contributed by atoms with Crippen LogP contribution in [0.15, 0.2) is 30.3 Å². The van der Waals surface area contributed by atoms with E-state index < -0.39 is 10.0 Å². The van der Waals surface area contributed by atoms with Gasteiger partial charge in [0.25, 0.3) is 0 Å². The van der Waals surface area contributed by atoms with Crippen molar-refractivity contribution in [2.24, 2.45) is 0 Å². The number of nitrogens with zero attached hydrogens (tertiary/aromatic N) is 1. The Bertz CT molecular complexity index is 502. The highest BCUT2D eigenvalue weighted by Gasteiger charge is 2.26. The van der Waals surface area contributed by atoms with E-state index in [1.165, 1.54) is 5.56 Å². The minimum absolute atomic E-state index is 0.296. The molecule has 0 saturated carbocycles. The van der Waals surface area contributed by atoms with Gasteiger partial charge in [-0.15, -0.1) is 0 Å². The summed E-state index contributed by atoms with van der Waals surface area (Å²) < 4.78 is 26.2. The van der Waals surface area contributed by atoms with Crippen LogP contribution in [0.25, 0.3) is 0 Å². The van der Waals surface area contributed by atoms with Crippen LogP contribution < -0.4 is 0 Å².